The summed E-state index contributed by atoms with van der Waals surface area (Å²) in [5.41, 5.74) is 3.11. The molecule has 0 saturated carbocycles. The molecule has 0 heterocycles. The van der Waals surface area contributed by atoms with E-state index < -0.39 is 28.5 Å². The smallest absolute Gasteiger partial charge is 0.264 e. The van der Waals surface area contributed by atoms with Crippen molar-refractivity contribution in [2.45, 2.75) is 64.6 Å². The van der Waals surface area contributed by atoms with Crippen LogP contribution in [0.2, 0.25) is 5.02 Å². The van der Waals surface area contributed by atoms with E-state index in [1.165, 1.54) is 17.0 Å². The lowest BCUT2D eigenvalue weighted by atomic mass is 10.1. The van der Waals surface area contributed by atoms with E-state index in [0.717, 1.165) is 21.0 Å². The minimum absolute atomic E-state index is 0.0607. The van der Waals surface area contributed by atoms with Crippen LogP contribution in [0, 0.1) is 13.8 Å². The Kier molecular flexibility index (Phi) is 10.2. The fraction of sp³-hybridized carbons (Fsp3) is 0.333. The summed E-state index contributed by atoms with van der Waals surface area (Å²) < 4.78 is 28.8. The molecule has 1 N–H and O–H groups in total. The van der Waals surface area contributed by atoms with Crippen molar-refractivity contribution in [3.63, 3.8) is 0 Å². The van der Waals surface area contributed by atoms with Crippen LogP contribution >= 0.6 is 11.6 Å². The highest BCUT2D eigenvalue weighted by Gasteiger charge is 2.33. The second kappa shape index (κ2) is 13.1. The number of halogens is 1. The lowest BCUT2D eigenvalue weighted by Gasteiger charge is -2.33. The number of hydrogen-bond acceptors (Lipinski definition) is 4. The topological polar surface area (TPSA) is 86.8 Å². The van der Waals surface area contributed by atoms with E-state index in [1.807, 2.05) is 58.9 Å². The molecule has 3 aromatic carbocycles. The molecule has 0 radical (unpaired) electrons. The molecule has 9 heteroatoms. The molecule has 208 valence electrons. The van der Waals surface area contributed by atoms with E-state index in [2.05, 4.69) is 5.32 Å². The second-order valence-electron chi connectivity index (χ2n) is 9.90. The third-order valence-electron chi connectivity index (χ3n) is 6.29. The number of carbonyl (C=O) groups is 2. The fourth-order valence-electron chi connectivity index (χ4n) is 4.16. The SMILES string of the molecule is CCC(C(=O)NC(C)C)N(Cc1ccc(C)cc1)C(=O)CN(c1ccc(Cl)cc1)S(=O)(=O)c1ccc(C)cc1. The van der Waals surface area contributed by atoms with Crippen molar-refractivity contribution in [2.75, 3.05) is 10.8 Å². The summed E-state index contributed by atoms with van der Waals surface area (Å²) in [4.78, 5) is 28.7. The van der Waals surface area contributed by atoms with Gasteiger partial charge in [-0.25, -0.2) is 8.42 Å². The van der Waals surface area contributed by atoms with E-state index in [4.69, 9.17) is 11.6 Å². The third-order valence-corrected chi connectivity index (χ3v) is 8.33. The number of amides is 2. The van der Waals surface area contributed by atoms with Gasteiger partial charge in [0.1, 0.15) is 12.6 Å². The highest BCUT2D eigenvalue weighted by atomic mass is 35.5. The number of sulfonamides is 1. The third kappa shape index (κ3) is 7.83. The van der Waals surface area contributed by atoms with Crippen LogP contribution in [0.5, 0.6) is 0 Å². The van der Waals surface area contributed by atoms with Crippen molar-refractivity contribution in [3.05, 3.63) is 94.5 Å². The summed E-state index contributed by atoms with van der Waals surface area (Å²) >= 11 is 6.07. The Bertz CT molecular complexity index is 1370. The largest absolute Gasteiger partial charge is 0.352 e. The van der Waals surface area contributed by atoms with Crippen LogP contribution in [0.4, 0.5) is 5.69 Å². The molecule has 0 spiro atoms. The molecule has 2 amide bonds. The zero-order valence-electron chi connectivity index (χ0n) is 23.0. The molecule has 39 heavy (non-hydrogen) atoms. The first-order chi connectivity index (χ1) is 18.4. The van der Waals surface area contributed by atoms with Crippen LogP contribution in [0.25, 0.3) is 0 Å². The summed E-state index contributed by atoms with van der Waals surface area (Å²) in [6.07, 6.45) is 0.363. The molecule has 0 aromatic heterocycles. The second-order valence-corrected chi connectivity index (χ2v) is 12.2. The minimum Gasteiger partial charge on any atom is -0.352 e. The first kappa shape index (κ1) is 30.2. The number of rotatable bonds is 11. The number of carbonyl (C=O) groups excluding carboxylic acids is 2. The lowest BCUT2D eigenvalue weighted by molar-refractivity contribution is -0.140. The maximum atomic E-state index is 14.0. The van der Waals surface area contributed by atoms with E-state index in [0.29, 0.717) is 17.1 Å². The van der Waals surface area contributed by atoms with Crippen molar-refractivity contribution < 1.29 is 18.0 Å². The van der Waals surface area contributed by atoms with Gasteiger partial charge in [-0.3, -0.25) is 13.9 Å². The van der Waals surface area contributed by atoms with Gasteiger partial charge in [-0.1, -0.05) is 66.0 Å². The van der Waals surface area contributed by atoms with Crippen molar-refractivity contribution >= 4 is 39.1 Å². The predicted molar refractivity (Wildman–Crippen MR) is 156 cm³/mol. The Morgan fingerprint density at radius 3 is 1.92 bits per heavy atom. The van der Waals surface area contributed by atoms with Crippen molar-refractivity contribution in [2.24, 2.45) is 0 Å². The number of nitrogens with zero attached hydrogens (tertiary/aromatic N) is 2. The molecular weight excluding hydrogens is 534 g/mol. The molecule has 0 aliphatic heterocycles. The molecule has 0 saturated heterocycles. The van der Waals surface area contributed by atoms with Gasteiger partial charge in [0.25, 0.3) is 10.0 Å². The zero-order chi connectivity index (χ0) is 28.7. The van der Waals surface area contributed by atoms with E-state index >= 15 is 0 Å². The highest BCUT2D eigenvalue weighted by Crippen LogP contribution is 2.26. The van der Waals surface area contributed by atoms with Crippen LogP contribution in [0.15, 0.2) is 77.7 Å². The van der Waals surface area contributed by atoms with Gasteiger partial charge in [-0.2, -0.15) is 0 Å². The number of nitrogens with one attached hydrogen (secondary N) is 1. The van der Waals surface area contributed by atoms with Gasteiger partial charge in [0.15, 0.2) is 0 Å². The monoisotopic (exact) mass is 569 g/mol. The number of hydrogen-bond donors (Lipinski definition) is 1. The Morgan fingerprint density at radius 2 is 1.41 bits per heavy atom. The van der Waals surface area contributed by atoms with Crippen molar-refractivity contribution in [1.29, 1.82) is 0 Å². The summed E-state index contributed by atoms with van der Waals surface area (Å²) in [5, 5.41) is 3.34. The van der Waals surface area contributed by atoms with Crippen LogP contribution in [0.1, 0.15) is 43.9 Å². The van der Waals surface area contributed by atoms with Crippen molar-refractivity contribution in [1.82, 2.24) is 10.2 Å². The minimum atomic E-state index is -4.12. The van der Waals surface area contributed by atoms with E-state index in [1.54, 1.807) is 36.4 Å². The fourth-order valence-corrected chi connectivity index (χ4v) is 5.70. The highest BCUT2D eigenvalue weighted by molar-refractivity contribution is 7.92. The Balaban J connectivity index is 2.05. The maximum absolute atomic E-state index is 14.0. The summed E-state index contributed by atoms with van der Waals surface area (Å²) in [7, 11) is -4.12. The Labute approximate surface area is 236 Å². The molecule has 3 aromatic rings. The van der Waals surface area contributed by atoms with Gasteiger partial charge >= 0.3 is 0 Å². The Hall–Kier alpha value is -3.36. The van der Waals surface area contributed by atoms with Crippen LogP contribution in [-0.4, -0.2) is 43.8 Å². The first-order valence-electron chi connectivity index (χ1n) is 12.9. The van der Waals surface area contributed by atoms with Crippen molar-refractivity contribution in [3.8, 4) is 0 Å². The van der Waals surface area contributed by atoms with Gasteiger partial charge in [-0.05, 0) is 76.1 Å². The standard InChI is InChI=1S/C30H36ClN3O4S/c1-6-28(30(36)32-21(2)3)33(19-24-11-7-22(4)8-12-24)29(35)20-34(26-15-13-25(31)14-16-26)39(37,38)27-17-9-23(5)10-18-27/h7-18,21,28H,6,19-20H2,1-5H3,(H,32,36). The van der Waals surface area contributed by atoms with Gasteiger partial charge in [0.05, 0.1) is 10.6 Å². The summed E-state index contributed by atoms with van der Waals surface area (Å²) in [6, 6.07) is 19.5. The van der Waals surface area contributed by atoms with Gasteiger partial charge in [0.2, 0.25) is 11.8 Å². The number of benzene rings is 3. The molecule has 3 rings (SSSR count). The van der Waals surface area contributed by atoms with Gasteiger partial charge in [-0.15, -0.1) is 0 Å². The average Bonchev–Trinajstić information content (AvgIpc) is 2.88. The molecule has 1 atom stereocenters. The lowest BCUT2D eigenvalue weighted by Crippen LogP contribution is -2.53. The molecule has 0 aliphatic carbocycles. The maximum Gasteiger partial charge on any atom is 0.264 e. The molecule has 0 bridgehead atoms. The Morgan fingerprint density at radius 1 is 0.872 bits per heavy atom. The quantitative estimate of drug-likeness (QED) is 0.331. The first-order valence-corrected chi connectivity index (χ1v) is 14.7. The number of aryl methyl sites for hydroxylation is 2. The number of anilines is 1. The molecule has 7 nitrogen and oxygen atoms in total. The van der Waals surface area contributed by atoms with Crippen LogP contribution in [-0.2, 0) is 26.2 Å². The van der Waals surface area contributed by atoms with Gasteiger partial charge in [0, 0.05) is 17.6 Å². The molecule has 1 unspecified atom stereocenters. The predicted octanol–water partition coefficient (Wildman–Crippen LogP) is 5.48. The normalized spacial score (nSPS) is 12.2. The van der Waals surface area contributed by atoms with Crippen LogP contribution in [0.3, 0.4) is 0 Å². The molecular formula is C30H36ClN3O4S. The van der Waals surface area contributed by atoms with E-state index in [9.17, 15) is 18.0 Å². The molecule has 0 aliphatic rings. The molecule has 0 fully saturated rings. The van der Waals surface area contributed by atoms with E-state index in [-0.39, 0.29) is 23.4 Å². The average molecular weight is 570 g/mol. The summed E-state index contributed by atoms with van der Waals surface area (Å²) in [6.45, 7) is 9.04. The van der Waals surface area contributed by atoms with Gasteiger partial charge < -0.3 is 10.2 Å². The van der Waals surface area contributed by atoms with Crippen LogP contribution < -0.4 is 9.62 Å². The summed E-state index contributed by atoms with van der Waals surface area (Å²) in [5.74, 6) is -0.778. The zero-order valence-corrected chi connectivity index (χ0v) is 24.6.